The van der Waals surface area contributed by atoms with Gasteiger partial charge in [-0.3, -0.25) is 0 Å². The predicted molar refractivity (Wildman–Crippen MR) is 78.6 cm³/mol. The van der Waals surface area contributed by atoms with Gasteiger partial charge in [-0.2, -0.15) is 4.31 Å². The van der Waals surface area contributed by atoms with Crippen molar-refractivity contribution in [3.63, 3.8) is 0 Å². The van der Waals surface area contributed by atoms with E-state index in [0.29, 0.717) is 10.2 Å². The van der Waals surface area contributed by atoms with Crippen molar-refractivity contribution >= 4 is 31.9 Å². The lowest BCUT2D eigenvalue weighted by molar-refractivity contribution is -0.142. The molecule has 0 aliphatic heterocycles. The van der Waals surface area contributed by atoms with Crippen LogP contribution in [0.25, 0.3) is 0 Å². The van der Waals surface area contributed by atoms with E-state index in [9.17, 15) is 13.2 Å². The zero-order chi connectivity index (χ0) is 16.0. The Morgan fingerprint density at radius 2 is 2.10 bits per heavy atom. The van der Waals surface area contributed by atoms with Gasteiger partial charge in [0.2, 0.25) is 10.0 Å². The van der Waals surface area contributed by atoms with Gasteiger partial charge >= 0.3 is 5.97 Å². The zero-order valence-electron chi connectivity index (χ0n) is 11.6. The van der Waals surface area contributed by atoms with Gasteiger partial charge in [-0.1, -0.05) is 0 Å². The number of hydrogen-bond donors (Lipinski definition) is 1. The second kappa shape index (κ2) is 7.74. The van der Waals surface area contributed by atoms with E-state index in [0.717, 1.165) is 4.31 Å². The summed E-state index contributed by atoms with van der Waals surface area (Å²) in [6.07, 6.45) is 0. The number of aliphatic hydroxyl groups is 1. The van der Waals surface area contributed by atoms with Crippen molar-refractivity contribution in [1.29, 1.82) is 0 Å². The lowest BCUT2D eigenvalue weighted by Crippen LogP contribution is -2.29. The van der Waals surface area contributed by atoms with Crippen LogP contribution in [-0.4, -0.2) is 57.7 Å². The number of ether oxygens (including phenoxy) is 2. The Morgan fingerprint density at radius 1 is 1.43 bits per heavy atom. The molecule has 0 saturated carbocycles. The molecule has 0 aliphatic carbocycles. The molecule has 0 radical (unpaired) electrons. The molecule has 0 bridgehead atoms. The van der Waals surface area contributed by atoms with Crippen LogP contribution < -0.4 is 4.74 Å². The molecule has 0 aromatic heterocycles. The second-order valence-corrected chi connectivity index (χ2v) is 6.91. The quantitative estimate of drug-likeness (QED) is 0.695. The van der Waals surface area contributed by atoms with Gasteiger partial charge in [0.1, 0.15) is 5.75 Å². The molecule has 0 atom stereocenters. The van der Waals surface area contributed by atoms with Crippen molar-refractivity contribution in [1.82, 2.24) is 4.31 Å². The van der Waals surface area contributed by atoms with E-state index in [2.05, 4.69) is 20.7 Å². The van der Waals surface area contributed by atoms with Gasteiger partial charge in [0, 0.05) is 13.6 Å². The van der Waals surface area contributed by atoms with Crippen molar-refractivity contribution < 1.29 is 27.8 Å². The van der Waals surface area contributed by atoms with Gasteiger partial charge < -0.3 is 14.6 Å². The van der Waals surface area contributed by atoms with Crippen LogP contribution in [-0.2, 0) is 19.6 Å². The molecule has 0 amide bonds. The Hall–Kier alpha value is -1.16. The van der Waals surface area contributed by atoms with E-state index < -0.39 is 16.0 Å². The standard InChI is InChI=1S/C12H16BrNO6S/c1-14(5-6-15)21(17,18)9-3-4-11(10(13)7-9)20-8-12(16)19-2/h3-4,7,15H,5-6,8H2,1-2H3. The summed E-state index contributed by atoms with van der Waals surface area (Å²) in [5, 5.41) is 8.81. The third kappa shape index (κ3) is 4.67. The summed E-state index contributed by atoms with van der Waals surface area (Å²) in [4.78, 5) is 11.0. The molecule has 118 valence electrons. The highest BCUT2D eigenvalue weighted by molar-refractivity contribution is 9.10. The van der Waals surface area contributed by atoms with Gasteiger partial charge in [0.15, 0.2) is 6.61 Å². The number of aliphatic hydroxyl groups excluding tert-OH is 1. The number of sulfonamides is 1. The molecule has 0 saturated heterocycles. The predicted octanol–water partition coefficient (Wildman–Crippen LogP) is 0.614. The third-order valence-corrected chi connectivity index (χ3v) is 5.07. The van der Waals surface area contributed by atoms with Crippen molar-refractivity contribution in [3.05, 3.63) is 22.7 Å². The van der Waals surface area contributed by atoms with E-state index in [-0.39, 0.29) is 24.7 Å². The minimum atomic E-state index is -3.68. The molecular formula is C12H16BrNO6S. The highest BCUT2D eigenvalue weighted by Crippen LogP contribution is 2.28. The molecule has 0 fully saturated rings. The highest BCUT2D eigenvalue weighted by atomic mass is 79.9. The first-order valence-corrected chi connectivity index (χ1v) is 8.12. The smallest absolute Gasteiger partial charge is 0.343 e. The normalized spacial score (nSPS) is 11.5. The SMILES string of the molecule is COC(=O)COc1ccc(S(=O)(=O)N(C)CCO)cc1Br. The fourth-order valence-electron chi connectivity index (χ4n) is 1.40. The summed E-state index contributed by atoms with van der Waals surface area (Å²) < 4.78 is 35.4. The fraction of sp³-hybridized carbons (Fsp3) is 0.417. The molecule has 0 spiro atoms. The first-order chi connectivity index (χ1) is 9.82. The minimum Gasteiger partial charge on any atom is -0.481 e. The average Bonchev–Trinajstić information content (AvgIpc) is 2.45. The first kappa shape index (κ1) is 17.9. The number of carbonyl (C=O) groups excluding carboxylic acids is 1. The van der Waals surface area contributed by atoms with Gasteiger partial charge in [-0.25, -0.2) is 13.2 Å². The van der Waals surface area contributed by atoms with Crippen LogP contribution in [0.1, 0.15) is 0 Å². The summed E-state index contributed by atoms with van der Waals surface area (Å²) in [5.74, 6) is -0.217. The highest BCUT2D eigenvalue weighted by Gasteiger charge is 2.21. The van der Waals surface area contributed by atoms with Crippen LogP contribution in [0.5, 0.6) is 5.75 Å². The summed E-state index contributed by atoms with van der Waals surface area (Å²) in [7, 11) is -1.06. The number of hydrogen-bond acceptors (Lipinski definition) is 6. The Bertz CT molecular complexity index is 604. The third-order valence-electron chi connectivity index (χ3n) is 2.60. The van der Waals surface area contributed by atoms with Crippen LogP contribution >= 0.6 is 15.9 Å². The van der Waals surface area contributed by atoms with Crippen molar-refractivity contribution in [3.8, 4) is 5.75 Å². The molecule has 1 aromatic carbocycles. The Balaban J connectivity index is 2.94. The fourth-order valence-corrected chi connectivity index (χ4v) is 3.23. The van der Waals surface area contributed by atoms with Crippen LogP contribution in [0.4, 0.5) is 0 Å². The molecular weight excluding hydrogens is 366 g/mol. The molecule has 0 aliphatic rings. The van der Waals surface area contributed by atoms with E-state index in [1.54, 1.807) is 0 Å². The van der Waals surface area contributed by atoms with Gasteiger partial charge in [0.25, 0.3) is 0 Å². The van der Waals surface area contributed by atoms with Crippen LogP contribution in [0.15, 0.2) is 27.6 Å². The molecule has 21 heavy (non-hydrogen) atoms. The first-order valence-electron chi connectivity index (χ1n) is 5.89. The summed E-state index contributed by atoms with van der Waals surface area (Å²) in [5.41, 5.74) is 0. The van der Waals surface area contributed by atoms with Gasteiger partial charge in [-0.15, -0.1) is 0 Å². The summed E-state index contributed by atoms with van der Waals surface area (Å²) >= 11 is 3.19. The van der Waals surface area contributed by atoms with Gasteiger partial charge in [0.05, 0.1) is 23.1 Å². The van der Waals surface area contributed by atoms with E-state index in [4.69, 9.17) is 9.84 Å². The lowest BCUT2D eigenvalue weighted by atomic mass is 10.3. The maximum atomic E-state index is 12.2. The minimum absolute atomic E-state index is 0.000540. The second-order valence-electron chi connectivity index (χ2n) is 4.01. The number of benzene rings is 1. The van der Waals surface area contributed by atoms with Crippen LogP contribution in [0.3, 0.4) is 0 Å². The number of methoxy groups -OCH3 is 1. The number of esters is 1. The van der Waals surface area contributed by atoms with Gasteiger partial charge in [-0.05, 0) is 34.1 Å². The Labute approximate surface area is 131 Å². The number of likely N-dealkylation sites (N-methyl/N-ethyl adjacent to an activating group) is 1. The molecule has 1 N–H and O–H groups in total. The van der Waals surface area contributed by atoms with Crippen molar-refractivity contribution in [2.75, 3.05) is 33.9 Å². The molecule has 7 nitrogen and oxygen atoms in total. The monoisotopic (exact) mass is 381 g/mol. The summed E-state index contributed by atoms with van der Waals surface area (Å²) in [6, 6.07) is 4.17. The van der Waals surface area contributed by atoms with E-state index in [1.165, 1.54) is 32.4 Å². The van der Waals surface area contributed by atoms with Crippen LogP contribution in [0, 0.1) is 0 Å². The van der Waals surface area contributed by atoms with E-state index in [1.807, 2.05) is 0 Å². The largest absolute Gasteiger partial charge is 0.481 e. The number of halogens is 1. The molecule has 0 unspecified atom stereocenters. The van der Waals surface area contributed by atoms with Crippen molar-refractivity contribution in [2.24, 2.45) is 0 Å². The molecule has 0 heterocycles. The Morgan fingerprint density at radius 3 is 2.62 bits per heavy atom. The van der Waals surface area contributed by atoms with Crippen molar-refractivity contribution in [2.45, 2.75) is 4.90 Å². The molecule has 1 aromatic rings. The molecule has 1 rings (SSSR count). The topological polar surface area (TPSA) is 93.1 Å². The number of rotatable bonds is 7. The Kier molecular flexibility index (Phi) is 6.59. The number of nitrogens with zero attached hydrogens (tertiary/aromatic N) is 1. The maximum Gasteiger partial charge on any atom is 0.343 e. The maximum absolute atomic E-state index is 12.2. The average molecular weight is 382 g/mol. The summed E-state index contributed by atoms with van der Waals surface area (Å²) in [6.45, 7) is -0.538. The zero-order valence-corrected chi connectivity index (χ0v) is 14.0. The lowest BCUT2D eigenvalue weighted by Gasteiger charge is -2.16. The van der Waals surface area contributed by atoms with E-state index >= 15 is 0 Å². The number of carbonyl (C=O) groups is 1. The van der Waals surface area contributed by atoms with Crippen LogP contribution in [0.2, 0.25) is 0 Å². The molecule has 9 heteroatoms.